The Bertz CT molecular complexity index is 592. The summed E-state index contributed by atoms with van der Waals surface area (Å²) in [6, 6.07) is 7.87. The lowest BCUT2D eigenvalue weighted by Crippen LogP contribution is -2.40. The van der Waals surface area contributed by atoms with E-state index < -0.39 is 10.0 Å². The number of hydrogen-bond acceptors (Lipinski definition) is 4. The normalized spacial score (nSPS) is 23.2. The lowest BCUT2D eigenvalue weighted by atomic mass is 10.2. The van der Waals surface area contributed by atoms with Crippen LogP contribution in [0.15, 0.2) is 29.2 Å². The molecule has 0 heterocycles. The van der Waals surface area contributed by atoms with Crippen LogP contribution in [0.3, 0.4) is 0 Å². The van der Waals surface area contributed by atoms with Crippen molar-refractivity contribution < 1.29 is 13.2 Å². The number of sulfonamides is 1. The fourth-order valence-corrected chi connectivity index (χ4v) is 3.86. The molecule has 2 atom stereocenters. The minimum atomic E-state index is -3.68. The number of nitrogens with one attached hydrogen (secondary N) is 1. The lowest BCUT2D eigenvalue weighted by molar-refractivity contribution is 0.0916. The van der Waals surface area contributed by atoms with Crippen molar-refractivity contribution in [1.29, 1.82) is 5.26 Å². The second-order valence-electron chi connectivity index (χ2n) is 4.54. The van der Waals surface area contributed by atoms with Crippen molar-refractivity contribution >= 4 is 10.0 Å². The number of benzene rings is 1. The fourth-order valence-electron chi connectivity index (χ4n) is 2.40. The third-order valence-electron chi connectivity index (χ3n) is 3.36. The molecule has 0 amide bonds. The largest absolute Gasteiger partial charge is 0.380 e. The second kappa shape index (κ2) is 5.70. The second-order valence-corrected chi connectivity index (χ2v) is 6.22. The first kappa shape index (κ1) is 14.0. The van der Waals surface area contributed by atoms with Crippen LogP contribution in [-0.4, -0.2) is 27.7 Å². The summed E-state index contributed by atoms with van der Waals surface area (Å²) in [5.74, 6) is 0. The summed E-state index contributed by atoms with van der Waals surface area (Å²) in [6.07, 6.45) is 2.45. The number of nitrogens with zero attached hydrogens (tertiary/aromatic N) is 1. The molecular formula is C13H16N2O3S. The van der Waals surface area contributed by atoms with Gasteiger partial charge in [0, 0.05) is 13.2 Å². The molecule has 1 N–H and O–H groups in total. The van der Waals surface area contributed by atoms with Crippen LogP contribution in [0.25, 0.3) is 0 Å². The van der Waals surface area contributed by atoms with Crippen molar-refractivity contribution in [2.75, 3.05) is 7.11 Å². The first-order valence-corrected chi connectivity index (χ1v) is 7.61. The first-order chi connectivity index (χ1) is 9.08. The van der Waals surface area contributed by atoms with Gasteiger partial charge in [0.2, 0.25) is 10.0 Å². The van der Waals surface area contributed by atoms with Gasteiger partial charge in [0.05, 0.1) is 16.6 Å². The molecule has 1 fully saturated rings. The molecule has 0 saturated heterocycles. The van der Waals surface area contributed by atoms with Gasteiger partial charge in [-0.1, -0.05) is 12.1 Å². The molecule has 6 heteroatoms. The molecular weight excluding hydrogens is 264 g/mol. The molecule has 0 radical (unpaired) electrons. The van der Waals surface area contributed by atoms with Crippen LogP contribution in [0.4, 0.5) is 0 Å². The highest BCUT2D eigenvalue weighted by Gasteiger charge is 2.32. The molecule has 102 valence electrons. The molecule has 1 aliphatic rings. The van der Waals surface area contributed by atoms with Crippen LogP contribution in [0.2, 0.25) is 0 Å². The third kappa shape index (κ3) is 2.95. The van der Waals surface area contributed by atoms with Gasteiger partial charge < -0.3 is 4.74 Å². The SMILES string of the molecule is COC1CCCC1NS(=O)(=O)c1ccccc1C#N. The molecule has 5 nitrogen and oxygen atoms in total. The predicted octanol–water partition coefficient (Wildman–Crippen LogP) is 1.40. The smallest absolute Gasteiger partial charge is 0.242 e. The summed E-state index contributed by atoms with van der Waals surface area (Å²) in [6.45, 7) is 0. The van der Waals surface area contributed by atoms with Crippen LogP contribution in [0.1, 0.15) is 24.8 Å². The van der Waals surface area contributed by atoms with E-state index >= 15 is 0 Å². The van der Waals surface area contributed by atoms with Crippen LogP contribution in [-0.2, 0) is 14.8 Å². The van der Waals surface area contributed by atoms with Crippen molar-refractivity contribution in [1.82, 2.24) is 4.72 Å². The lowest BCUT2D eigenvalue weighted by Gasteiger charge is -2.19. The van der Waals surface area contributed by atoms with E-state index in [0.717, 1.165) is 19.3 Å². The molecule has 2 unspecified atom stereocenters. The van der Waals surface area contributed by atoms with Gasteiger partial charge in [-0.2, -0.15) is 5.26 Å². The summed E-state index contributed by atoms with van der Waals surface area (Å²) in [7, 11) is -2.10. The van der Waals surface area contributed by atoms with Crippen molar-refractivity contribution in [2.24, 2.45) is 0 Å². The average Bonchev–Trinajstić information content (AvgIpc) is 2.85. The Morgan fingerprint density at radius 2 is 2.11 bits per heavy atom. The Morgan fingerprint density at radius 3 is 2.79 bits per heavy atom. The van der Waals surface area contributed by atoms with Crippen molar-refractivity contribution in [3.8, 4) is 6.07 Å². The monoisotopic (exact) mass is 280 g/mol. The minimum absolute atomic E-state index is 0.0271. The van der Waals surface area contributed by atoms with Crippen LogP contribution < -0.4 is 4.72 Å². The fraction of sp³-hybridized carbons (Fsp3) is 0.462. The first-order valence-electron chi connectivity index (χ1n) is 6.12. The van der Waals surface area contributed by atoms with Crippen molar-refractivity contribution in [2.45, 2.75) is 36.3 Å². The molecule has 1 saturated carbocycles. The zero-order valence-electron chi connectivity index (χ0n) is 10.7. The van der Waals surface area contributed by atoms with Crippen molar-refractivity contribution in [3.63, 3.8) is 0 Å². The zero-order chi connectivity index (χ0) is 13.9. The van der Waals surface area contributed by atoms with E-state index in [9.17, 15) is 8.42 Å². The van der Waals surface area contributed by atoms with Crippen molar-refractivity contribution in [3.05, 3.63) is 29.8 Å². The Kier molecular flexibility index (Phi) is 4.20. The number of ether oxygens (including phenoxy) is 1. The van der Waals surface area contributed by atoms with Gasteiger partial charge in [0.25, 0.3) is 0 Å². The van der Waals surface area contributed by atoms with Crippen LogP contribution in [0, 0.1) is 11.3 Å². The van der Waals surface area contributed by atoms with E-state index in [1.54, 1.807) is 19.2 Å². The summed E-state index contributed by atoms with van der Waals surface area (Å²) < 4.78 is 32.5. The maximum atomic E-state index is 12.3. The van der Waals surface area contributed by atoms with E-state index in [1.807, 2.05) is 6.07 Å². The van der Waals surface area contributed by atoms with Gasteiger partial charge >= 0.3 is 0 Å². The van der Waals surface area contributed by atoms with Crippen LogP contribution in [0.5, 0.6) is 0 Å². The molecule has 1 aromatic carbocycles. The molecule has 0 spiro atoms. The predicted molar refractivity (Wildman–Crippen MR) is 69.9 cm³/mol. The standard InChI is InChI=1S/C13H16N2O3S/c1-18-12-7-4-6-11(12)15-19(16,17)13-8-3-2-5-10(13)9-14/h2-3,5,8,11-12,15H,4,6-7H2,1H3. The molecule has 1 aromatic rings. The minimum Gasteiger partial charge on any atom is -0.380 e. The Labute approximate surface area is 113 Å². The number of rotatable bonds is 4. The van der Waals surface area contributed by atoms with E-state index in [4.69, 9.17) is 10.00 Å². The summed E-state index contributed by atoms with van der Waals surface area (Å²) in [5.41, 5.74) is 0.155. The molecule has 0 bridgehead atoms. The third-order valence-corrected chi connectivity index (χ3v) is 4.91. The molecule has 19 heavy (non-hydrogen) atoms. The Morgan fingerprint density at radius 1 is 1.37 bits per heavy atom. The Balaban J connectivity index is 2.26. The van der Waals surface area contributed by atoms with Crippen LogP contribution >= 0.6 is 0 Å². The summed E-state index contributed by atoms with van der Waals surface area (Å²) in [4.78, 5) is 0.0271. The number of nitriles is 1. The van der Waals surface area contributed by atoms with Gasteiger partial charge in [-0.25, -0.2) is 13.1 Å². The van der Waals surface area contributed by atoms with Gasteiger partial charge in [0.1, 0.15) is 6.07 Å². The van der Waals surface area contributed by atoms with E-state index in [-0.39, 0.29) is 22.6 Å². The number of methoxy groups -OCH3 is 1. The molecule has 2 rings (SSSR count). The number of hydrogen-bond donors (Lipinski definition) is 1. The zero-order valence-corrected chi connectivity index (χ0v) is 11.5. The maximum absolute atomic E-state index is 12.3. The van der Waals surface area contributed by atoms with Gasteiger partial charge in [-0.15, -0.1) is 0 Å². The molecule has 0 aliphatic heterocycles. The highest BCUT2D eigenvalue weighted by molar-refractivity contribution is 7.89. The van der Waals surface area contributed by atoms with Gasteiger partial charge in [-0.3, -0.25) is 0 Å². The quantitative estimate of drug-likeness (QED) is 0.904. The maximum Gasteiger partial charge on any atom is 0.242 e. The summed E-state index contributed by atoms with van der Waals surface area (Å²) >= 11 is 0. The highest BCUT2D eigenvalue weighted by atomic mass is 32.2. The van der Waals surface area contributed by atoms with Gasteiger partial charge in [0.15, 0.2) is 0 Å². The van der Waals surface area contributed by atoms with E-state index in [0.29, 0.717) is 0 Å². The Hall–Kier alpha value is -1.42. The summed E-state index contributed by atoms with van der Waals surface area (Å²) in [5, 5.41) is 8.97. The highest BCUT2D eigenvalue weighted by Crippen LogP contribution is 2.24. The average molecular weight is 280 g/mol. The molecule has 1 aliphatic carbocycles. The molecule has 0 aromatic heterocycles. The van der Waals surface area contributed by atoms with E-state index in [1.165, 1.54) is 12.1 Å². The topological polar surface area (TPSA) is 79.2 Å². The van der Waals surface area contributed by atoms with E-state index in [2.05, 4.69) is 4.72 Å². The van der Waals surface area contributed by atoms with Gasteiger partial charge in [-0.05, 0) is 31.4 Å².